The summed E-state index contributed by atoms with van der Waals surface area (Å²) < 4.78 is 7.77. The molecule has 3 rings (SSSR count). The van der Waals surface area contributed by atoms with Crippen LogP contribution in [0.4, 0.5) is 0 Å². The van der Waals surface area contributed by atoms with Crippen LogP contribution in [0.3, 0.4) is 0 Å². The zero-order chi connectivity index (χ0) is 14.2. The number of aliphatic hydroxyl groups excluding tert-OH is 1. The third kappa shape index (κ3) is 2.50. The van der Waals surface area contributed by atoms with E-state index in [1.165, 1.54) is 6.42 Å². The van der Waals surface area contributed by atoms with Gasteiger partial charge in [-0.1, -0.05) is 19.8 Å². The molecule has 2 heterocycles. The van der Waals surface area contributed by atoms with Gasteiger partial charge < -0.3 is 9.84 Å². The van der Waals surface area contributed by atoms with Gasteiger partial charge in [-0.25, -0.2) is 4.98 Å². The van der Waals surface area contributed by atoms with Crippen LogP contribution in [0.2, 0.25) is 0 Å². The maximum absolute atomic E-state index is 10.7. The average molecular weight is 294 g/mol. The minimum atomic E-state index is -0.486. The molecule has 1 saturated carbocycles. The number of methoxy groups -OCH3 is 1. The maximum atomic E-state index is 10.7. The molecule has 3 atom stereocenters. The van der Waals surface area contributed by atoms with E-state index in [4.69, 9.17) is 4.74 Å². The summed E-state index contributed by atoms with van der Waals surface area (Å²) in [7, 11) is 1.73. The van der Waals surface area contributed by atoms with Crippen molar-refractivity contribution in [2.75, 3.05) is 7.11 Å². The summed E-state index contributed by atoms with van der Waals surface area (Å²) in [6.07, 6.45) is 8.32. The molecule has 1 aliphatic rings. The van der Waals surface area contributed by atoms with Gasteiger partial charge >= 0.3 is 0 Å². The number of hydrogen-bond donors (Lipinski definition) is 1. The first kappa shape index (κ1) is 14.0. The molecule has 0 spiro atoms. The van der Waals surface area contributed by atoms with Crippen LogP contribution >= 0.6 is 11.3 Å². The van der Waals surface area contributed by atoms with Crippen molar-refractivity contribution in [1.82, 2.24) is 9.38 Å². The van der Waals surface area contributed by atoms with Crippen molar-refractivity contribution in [1.29, 1.82) is 0 Å². The highest BCUT2D eigenvalue weighted by atomic mass is 32.1. The first-order chi connectivity index (χ1) is 9.63. The van der Waals surface area contributed by atoms with Crippen LogP contribution in [0.5, 0.6) is 0 Å². The van der Waals surface area contributed by atoms with Crippen LogP contribution in [0.25, 0.3) is 4.96 Å². The number of rotatable bonds is 4. The van der Waals surface area contributed by atoms with Crippen molar-refractivity contribution < 1.29 is 9.84 Å². The summed E-state index contributed by atoms with van der Waals surface area (Å²) in [5.41, 5.74) is 0.549. The number of nitrogens with zero attached hydrogens (tertiary/aromatic N) is 2. The molecule has 4 nitrogen and oxygen atoms in total. The number of aliphatic hydroxyl groups is 1. The topological polar surface area (TPSA) is 46.8 Å². The van der Waals surface area contributed by atoms with Crippen molar-refractivity contribution >= 4 is 16.3 Å². The number of hydrogen-bond acceptors (Lipinski definition) is 4. The molecule has 0 radical (unpaired) electrons. The standard InChI is InChI=1S/C15H22N2O2S/c1-11-4-3-5-15(9-11,19-2)13(18)8-12-10-17-6-7-20-14(17)16-12/h6-7,10-11,13,18H,3-5,8-9H2,1-2H3. The summed E-state index contributed by atoms with van der Waals surface area (Å²) in [5, 5.41) is 12.7. The summed E-state index contributed by atoms with van der Waals surface area (Å²) in [6.45, 7) is 2.24. The normalized spacial score (nSPS) is 28.9. The zero-order valence-electron chi connectivity index (χ0n) is 12.1. The molecule has 0 aromatic carbocycles. The number of thiazole rings is 1. The lowest BCUT2D eigenvalue weighted by Crippen LogP contribution is -2.48. The Labute approximate surface area is 123 Å². The first-order valence-corrected chi connectivity index (χ1v) is 8.15. The van der Waals surface area contributed by atoms with Gasteiger partial charge in [-0.3, -0.25) is 4.40 Å². The van der Waals surface area contributed by atoms with Gasteiger partial charge in [-0.05, 0) is 18.8 Å². The van der Waals surface area contributed by atoms with Crippen molar-refractivity contribution in [2.45, 2.75) is 50.7 Å². The fourth-order valence-corrected chi connectivity index (χ4v) is 4.15. The second kappa shape index (κ2) is 5.47. The summed E-state index contributed by atoms with van der Waals surface area (Å²) >= 11 is 1.62. The molecule has 1 aliphatic carbocycles. The Bertz CT molecular complexity index is 551. The van der Waals surface area contributed by atoms with E-state index in [1.54, 1.807) is 18.4 Å². The number of ether oxygens (including phenoxy) is 1. The quantitative estimate of drug-likeness (QED) is 0.943. The van der Waals surface area contributed by atoms with Gasteiger partial charge in [0.05, 0.1) is 17.4 Å². The van der Waals surface area contributed by atoms with Crippen molar-refractivity contribution in [3.05, 3.63) is 23.5 Å². The van der Waals surface area contributed by atoms with Gasteiger partial charge in [0.2, 0.25) is 0 Å². The lowest BCUT2D eigenvalue weighted by molar-refractivity contribution is -0.131. The van der Waals surface area contributed by atoms with Gasteiger partial charge in [-0.15, -0.1) is 11.3 Å². The van der Waals surface area contributed by atoms with E-state index in [0.29, 0.717) is 12.3 Å². The van der Waals surface area contributed by atoms with Crippen LogP contribution < -0.4 is 0 Å². The molecule has 0 aliphatic heterocycles. The van der Waals surface area contributed by atoms with E-state index in [2.05, 4.69) is 11.9 Å². The molecule has 110 valence electrons. The highest BCUT2D eigenvalue weighted by molar-refractivity contribution is 7.15. The zero-order valence-corrected chi connectivity index (χ0v) is 12.9. The Kier molecular flexibility index (Phi) is 3.84. The molecule has 0 saturated heterocycles. The summed E-state index contributed by atoms with van der Waals surface area (Å²) in [6, 6.07) is 0. The summed E-state index contributed by atoms with van der Waals surface area (Å²) in [5.74, 6) is 0.615. The van der Waals surface area contributed by atoms with E-state index < -0.39 is 11.7 Å². The Hall–Kier alpha value is -0.910. The van der Waals surface area contributed by atoms with E-state index in [0.717, 1.165) is 29.9 Å². The third-order valence-corrected chi connectivity index (χ3v) is 5.32. The monoisotopic (exact) mass is 294 g/mol. The first-order valence-electron chi connectivity index (χ1n) is 7.27. The van der Waals surface area contributed by atoms with Crippen molar-refractivity contribution in [3.63, 3.8) is 0 Å². The molecule has 2 aromatic heterocycles. The number of fused-ring (bicyclic) bond motifs is 1. The molecule has 0 amide bonds. The van der Waals surface area contributed by atoms with Crippen molar-refractivity contribution in [3.8, 4) is 0 Å². The maximum Gasteiger partial charge on any atom is 0.193 e. The molecular weight excluding hydrogens is 272 g/mol. The van der Waals surface area contributed by atoms with Gasteiger partial charge in [0, 0.05) is 31.3 Å². The number of aromatic nitrogens is 2. The second-order valence-corrected chi connectivity index (χ2v) is 6.89. The SMILES string of the molecule is COC1(C(O)Cc2cn3ccsc3n2)CCCC(C)C1. The minimum Gasteiger partial charge on any atom is -0.390 e. The molecule has 3 unspecified atom stereocenters. The Morgan fingerprint density at radius 3 is 3.20 bits per heavy atom. The second-order valence-electron chi connectivity index (χ2n) is 6.02. The highest BCUT2D eigenvalue weighted by Crippen LogP contribution is 2.38. The molecule has 0 bridgehead atoms. The van der Waals surface area contributed by atoms with Crippen LogP contribution in [-0.2, 0) is 11.2 Å². The lowest BCUT2D eigenvalue weighted by Gasteiger charge is -2.42. The van der Waals surface area contributed by atoms with E-state index in [-0.39, 0.29) is 0 Å². The minimum absolute atomic E-state index is 0.394. The van der Waals surface area contributed by atoms with E-state index >= 15 is 0 Å². The fourth-order valence-electron chi connectivity index (χ4n) is 3.43. The molecule has 20 heavy (non-hydrogen) atoms. The Morgan fingerprint density at radius 1 is 1.65 bits per heavy atom. The fraction of sp³-hybridized carbons (Fsp3) is 0.667. The Morgan fingerprint density at radius 2 is 2.50 bits per heavy atom. The number of imidazole rings is 1. The van der Waals surface area contributed by atoms with Gasteiger partial charge in [-0.2, -0.15) is 0 Å². The predicted octanol–water partition coefficient (Wildman–Crippen LogP) is 2.89. The third-order valence-electron chi connectivity index (χ3n) is 4.55. The largest absolute Gasteiger partial charge is 0.390 e. The summed E-state index contributed by atoms with van der Waals surface area (Å²) in [4.78, 5) is 5.54. The predicted molar refractivity (Wildman–Crippen MR) is 80.2 cm³/mol. The van der Waals surface area contributed by atoms with Crippen molar-refractivity contribution in [2.24, 2.45) is 5.92 Å². The Balaban J connectivity index is 1.76. The molecule has 2 aromatic rings. The van der Waals surface area contributed by atoms with E-state index in [1.807, 2.05) is 22.2 Å². The average Bonchev–Trinajstić information content (AvgIpc) is 2.99. The van der Waals surface area contributed by atoms with Crippen LogP contribution in [-0.4, -0.2) is 33.3 Å². The van der Waals surface area contributed by atoms with Crippen LogP contribution in [0.1, 0.15) is 38.3 Å². The molecular formula is C15H22N2O2S. The van der Waals surface area contributed by atoms with Gasteiger partial charge in [0.1, 0.15) is 0 Å². The van der Waals surface area contributed by atoms with Crippen LogP contribution in [0, 0.1) is 5.92 Å². The smallest absolute Gasteiger partial charge is 0.193 e. The molecule has 1 fully saturated rings. The molecule has 1 N–H and O–H groups in total. The van der Waals surface area contributed by atoms with E-state index in [9.17, 15) is 5.11 Å². The highest BCUT2D eigenvalue weighted by Gasteiger charge is 2.41. The molecule has 5 heteroatoms. The van der Waals surface area contributed by atoms with Gasteiger partial charge in [0.15, 0.2) is 4.96 Å². The van der Waals surface area contributed by atoms with Gasteiger partial charge in [0.25, 0.3) is 0 Å². The van der Waals surface area contributed by atoms with Crippen LogP contribution in [0.15, 0.2) is 17.8 Å². The lowest BCUT2D eigenvalue weighted by atomic mass is 9.74.